The largest absolute Gasteiger partial charge is 0.388 e. The molecule has 5 heteroatoms. The van der Waals surface area contributed by atoms with Gasteiger partial charge in [-0.2, -0.15) is 0 Å². The Hall–Kier alpha value is -3.18. The van der Waals surface area contributed by atoms with Gasteiger partial charge >= 0.3 is 0 Å². The molecular weight excluding hydrogens is 398 g/mol. The van der Waals surface area contributed by atoms with E-state index in [0.717, 1.165) is 62.8 Å². The standard InChI is InChI=1S/C27H29N3O2/c1-4-23(32)28-17-11-9-16(10-12-17)13-20-26-24(18-7-5-6-8-19(18)30-26)25-21(29-20)14-27(2,3)15-22(25)31/h5-12,22,30-31H,4,13-15H2,1-3H3,(H,28,32). The molecule has 32 heavy (non-hydrogen) atoms. The van der Waals surface area contributed by atoms with E-state index in [1.807, 2.05) is 43.3 Å². The summed E-state index contributed by atoms with van der Waals surface area (Å²) in [4.78, 5) is 20.3. The number of H-pyrrole nitrogens is 1. The van der Waals surface area contributed by atoms with Crippen LogP contribution in [-0.2, 0) is 17.6 Å². The molecule has 3 N–H and O–H groups in total. The van der Waals surface area contributed by atoms with E-state index < -0.39 is 6.10 Å². The fourth-order valence-electron chi connectivity index (χ4n) is 4.98. The molecule has 1 aliphatic carbocycles. The average molecular weight is 428 g/mol. The van der Waals surface area contributed by atoms with Crippen LogP contribution in [0.5, 0.6) is 0 Å². The van der Waals surface area contributed by atoms with Gasteiger partial charge in [0.25, 0.3) is 0 Å². The highest BCUT2D eigenvalue weighted by atomic mass is 16.3. The Labute approximate surface area is 187 Å². The van der Waals surface area contributed by atoms with E-state index >= 15 is 0 Å². The zero-order valence-corrected chi connectivity index (χ0v) is 18.8. The maximum Gasteiger partial charge on any atom is 0.224 e. The number of fused-ring (bicyclic) bond motifs is 5. The van der Waals surface area contributed by atoms with Gasteiger partial charge < -0.3 is 15.4 Å². The number of hydrogen-bond donors (Lipinski definition) is 3. The maximum absolute atomic E-state index is 11.7. The Balaban J connectivity index is 1.62. The number of aromatic amines is 1. The van der Waals surface area contributed by atoms with Gasteiger partial charge in [-0.1, -0.05) is 51.1 Å². The summed E-state index contributed by atoms with van der Waals surface area (Å²) in [5.41, 5.74) is 6.99. The van der Waals surface area contributed by atoms with E-state index in [2.05, 4.69) is 36.3 Å². The van der Waals surface area contributed by atoms with Gasteiger partial charge in [-0.25, -0.2) is 0 Å². The normalized spacial score (nSPS) is 17.4. The first kappa shape index (κ1) is 20.7. The number of aromatic nitrogens is 2. The van der Waals surface area contributed by atoms with E-state index in [1.165, 1.54) is 0 Å². The van der Waals surface area contributed by atoms with E-state index in [1.54, 1.807) is 0 Å². The molecule has 2 aromatic heterocycles. The molecule has 5 rings (SSSR count). The Morgan fingerprint density at radius 1 is 1.19 bits per heavy atom. The average Bonchev–Trinajstić information content (AvgIpc) is 3.14. The first-order valence-electron chi connectivity index (χ1n) is 11.3. The fourth-order valence-corrected chi connectivity index (χ4v) is 4.98. The molecule has 2 aromatic carbocycles. The molecule has 0 radical (unpaired) electrons. The predicted molar refractivity (Wildman–Crippen MR) is 129 cm³/mol. The summed E-state index contributed by atoms with van der Waals surface area (Å²) in [7, 11) is 0. The van der Waals surface area contributed by atoms with Crippen LogP contribution in [-0.4, -0.2) is 21.0 Å². The molecule has 1 amide bonds. The van der Waals surface area contributed by atoms with E-state index in [9.17, 15) is 9.90 Å². The van der Waals surface area contributed by atoms with Crippen LogP contribution in [0, 0.1) is 5.41 Å². The monoisotopic (exact) mass is 427 g/mol. The number of carbonyl (C=O) groups is 1. The van der Waals surface area contributed by atoms with E-state index in [0.29, 0.717) is 12.8 Å². The molecule has 0 spiro atoms. The lowest BCUT2D eigenvalue weighted by Crippen LogP contribution is -2.27. The maximum atomic E-state index is 11.7. The van der Waals surface area contributed by atoms with Crippen molar-refractivity contribution in [2.45, 2.75) is 52.6 Å². The van der Waals surface area contributed by atoms with Crippen molar-refractivity contribution in [1.82, 2.24) is 9.97 Å². The van der Waals surface area contributed by atoms with Gasteiger partial charge in [-0.3, -0.25) is 9.78 Å². The number of benzene rings is 2. The lowest BCUT2D eigenvalue weighted by molar-refractivity contribution is -0.115. The molecule has 0 saturated heterocycles. The molecule has 4 aromatic rings. The predicted octanol–water partition coefficient (Wildman–Crippen LogP) is 5.66. The topological polar surface area (TPSA) is 78.0 Å². The molecule has 1 aliphatic rings. The number of anilines is 1. The number of aliphatic hydroxyl groups excluding tert-OH is 1. The van der Waals surface area contributed by atoms with Crippen LogP contribution in [0.3, 0.4) is 0 Å². The minimum atomic E-state index is -0.515. The van der Waals surface area contributed by atoms with Crippen molar-refractivity contribution in [2.75, 3.05) is 5.32 Å². The second-order valence-electron chi connectivity index (χ2n) is 9.68. The summed E-state index contributed by atoms with van der Waals surface area (Å²) >= 11 is 0. The molecule has 0 bridgehead atoms. The highest BCUT2D eigenvalue weighted by Gasteiger charge is 2.35. The smallest absolute Gasteiger partial charge is 0.224 e. The van der Waals surface area contributed by atoms with Gasteiger partial charge in [-0.15, -0.1) is 0 Å². The molecule has 2 heterocycles. The van der Waals surface area contributed by atoms with Crippen molar-refractivity contribution in [3.05, 3.63) is 71.0 Å². The molecule has 0 saturated carbocycles. The molecule has 0 fully saturated rings. The number of rotatable bonds is 4. The van der Waals surface area contributed by atoms with Crippen LogP contribution in [0.2, 0.25) is 0 Å². The number of nitrogens with zero attached hydrogens (tertiary/aromatic N) is 1. The summed E-state index contributed by atoms with van der Waals surface area (Å²) in [5, 5.41) is 16.2. The molecule has 164 valence electrons. The second kappa shape index (κ2) is 7.75. The van der Waals surface area contributed by atoms with Crippen molar-refractivity contribution >= 4 is 33.4 Å². The Morgan fingerprint density at radius 2 is 1.94 bits per heavy atom. The molecule has 1 atom stereocenters. The van der Waals surface area contributed by atoms with Crippen molar-refractivity contribution in [3.63, 3.8) is 0 Å². The number of carbonyl (C=O) groups excluding carboxylic acids is 1. The van der Waals surface area contributed by atoms with Crippen molar-refractivity contribution in [2.24, 2.45) is 5.41 Å². The molecular formula is C27H29N3O2. The Kier molecular flexibility index (Phi) is 5.01. The van der Waals surface area contributed by atoms with E-state index in [-0.39, 0.29) is 11.3 Å². The minimum Gasteiger partial charge on any atom is -0.388 e. The number of amides is 1. The zero-order valence-electron chi connectivity index (χ0n) is 18.8. The van der Waals surface area contributed by atoms with Crippen LogP contribution in [0.25, 0.3) is 21.8 Å². The number of para-hydroxylation sites is 1. The number of pyridine rings is 1. The number of aliphatic hydroxyl groups is 1. The Morgan fingerprint density at radius 3 is 2.69 bits per heavy atom. The van der Waals surface area contributed by atoms with Gasteiger partial charge in [0.1, 0.15) is 0 Å². The van der Waals surface area contributed by atoms with E-state index in [4.69, 9.17) is 4.98 Å². The second-order valence-corrected chi connectivity index (χ2v) is 9.68. The van der Waals surface area contributed by atoms with Crippen LogP contribution in [0.15, 0.2) is 48.5 Å². The van der Waals surface area contributed by atoms with Gasteiger partial charge in [-0.05, 0) is 42.0 Å². The molecule has 5 nitrogen and oxygen atoms in total. The summed E-state index contributed by atoms with van der Waals surface area (Å²) < 4.78 is 0. The third-order valence-electron chi connectivity index (χ3n) is 6.50. The highest BCUT2D eigenvalue weighted by Crippen LogP contribution is 2.45. The lowest BCUT2D eigenvalue weighted by atomic mass is 9.74. The SMILES string of the molecule is CCC(=O)Nc1ccc(Cc2nc3c(c4c2[nH]c2ccccc24)C(O)CC(C)(C)C3)cc1. The summed E-state index contributed by atoms with van der Waals surface area (Å²) in [6.07, 6.45) is 2.21. The van der Waals surface area contributed by atoms with Gasteiger partial charge in [0.05, 0.1) is 17.3 Å². The third-order valence-corrected chi connectivity index (χ3v) is 6.50. The molecule has 1 unspecified atom stereocenters. The number of nitrogens with one attached hydrogen (secondary N) is 2. The van der Waals surface area contributed by atoms with Crippen LogP contribution >= 0.6 is 0 Å². The van der Waals surface area contributed by atoms with Crippen LogP contribution in [0.4, 0.5) is 5.69 Å². The first-order chi connectivity index (χ1) is 15.3. The van der Waals surface area contributed by atoms with Crippen LogP contribution in [0.1, 0.15) is 62.2 Å². The Bertz CT molecular complexity index is 1320. The summed E-state index contributed by atoms with van der Waals surface area (Å²) in [5.74, 6) is 0.00932. The van der Waals surface area contributed by atoms with Crippen molar-refractivity contribution in [1.29, 1.82) is 0 Å². The quantitative estimate of drug-likeness (QED) is 0.393. The lowest BCUT2D eigenvalue weighted by Gasteiger charge is -2.34. The molecule has 0 aliphatic heterocycles. The first-order valence-corrected chi connectivity index (χ1v) is 11.3. The highest BCUT2D eigenvalue weighted by molar-refractivity contribution is 6.10. The van der Waals surface area contributed by atoms with Crippen molar-refractivity contribution in [3.8, 4) is 0 Å². The third kappa shape index (κ3) is 3.67. The van der Waals surface area contributed by atoms with Gasteiger partial charge in [0, 0.05) is 46.1 Å². The fraction of sp³-hybridized carbons (Fsp3) is 0.333. The van der Waals surface area contributed by atoms with Crippen molar-refractivity contribution < 1.29 is 9.90 Å². The number of hydrogen-bond acceptors (Lipinski definition) is 3. The minimum absolute atomic E-state index is 0.00932. The van der Waals surface area contributed by atoms with Crippen LogP contribution < -0.4 is 5.32 Å². The summed E-state index contributed by atoms with van der Waals surface area (Å²) in [6.45, 7) is 6.24. The van der Waals surface area contributed by atoms with Gasteiger partial charge in [0.2, 0.25) is 5.91 Å². The summed E-state index contributed by atoms with van der Waals surface area (Å²) in [6, 6.07) is 16.2. The van der Waals surface area contributed by atoms with Gasteiger partial charge in [0.15, 0.2) is 0 Å². The zero-order chi connectivity index (χ0) is 22.5.